The van der Waals surface area contributed by atoms with Crippen LogP contribution < -0.4 is 11.4 Å². The number of nitrogens with zero attached hydrogens (tertiary/aromatic N) is 4. The van der Waals surface area contributed by atoms with Crippen LogP contribution in [0.25, 0.3) is 10.2 Å². The Hall–Kier alpha value is -2.15. The van der Waals surface area contributed by atoms with Gasteiger partial charge in [0.25, 0.3) is 0 Å². The maximum Gasteiger partial charge on any atom is 0.328 e. The number of nitrogens with two attached hydrogens (primary N) is 1. The van der Waals surface area contributed by atoms with E-state index in [1.54, 1.807) is 21.5 Å². The Kier molecular flexibility index (Phi) is 3.27. The molecule has 0 unspecified atom stereocenters. The van der Waals surface area contributed by atoms with Gasteiger partial charge in [-0.05, 0) is 17.9 Å². The summed E-state index contributed by atoms with van der Waals surface area (Å²) >= 11 is 1.52. The van der Waals surface area contributed by atoms with Gasteiger partial charge in [-0.25, -0.2) is 14.8 Å². The molecule has 20 heavy (non-hydrogen) atoms. The molecule has 6 nitrogen and oxygen atoms in total. The van der Waals surface area contributed by atoms with E-state index >= 15 is 0 Å². The highest BCUT2D eigenvalue weighted by Crippen LogP contribution is 2.22. The van der Waals surface area contributed by atoms with Gasteiger partial charge in [0.15, 0.2) is 5.82 Å². The molecule has 7 heteroatoms. The van der Waals surface area contributed by atoms with E-state index in [9.17, 15) is 4.79 Å². The van der Waals surface area contributed by atoms with E-state index in [-0.39, 0.29) is 5.69 Å². The highest BCUT2D eigenvalue weighted by atomic mass is 32.1. The van der Waals surface area contributed by atoms with Crippen molar-refractivity contribution in [2.75, 3.05) is 5.73 Å². The summed E-state index contributed by atoms with van der Waals surface area (Å²) in [6.45, 7) is 3.10. The van der Waals surface area contributed by atoms with Gasteiger partial charge in [-0.3, -0.25) is 9.13 Å². The fourth-order valence-corrected chi connectivity index (χ4v) is 2.92. The van der Waals surface area contributed by atoms with Crippen LogP contribution in [0.3, 0.4) is 0 Å². The van der Waals surface area contributed by atoms with Gasteiger partial charge in [0.1, 0.15) is 10.6 Å². The van der Waals surface area contributed by atoms with Gasteiger partial charge in [-0.2, -0.15) is 0 Å². The van der Waals surface area contributed by atoms with Crippen molar-refractivity contribution in [3.63, 3.8) is 0 Å². The van der Waals surface area contributed by atoms with Gasteiger partial charge in [0.2, 0.25) is 0 Å². The molecule has 0 fully saturated rings. The number of fused-ring (bicyclic) bond motifs is 1. The fraction of sp³-hybridized carbons (Fsp3) is 0.308. The summed E-state index contributed by atoms with van der Waals surface area (Å²) < 4.78 is 3.29. The van der Waals surface area contributed by atoms with Crippen LogP contribution in [0.2, 0.25) is 0 Å². The third-order valence-electron chi connectivity index (χ3n) is 3.10. The number of hydrogen-bond acceptors (Lipinski definition) is 5. The molecule has 0 radical (unpaired) electrons. The summed E-state index contributed by atoms with van der Waals surface area (Å²) in [5.41, 5.74) is 5.87. The quantitative estimate of drug-likeness (QED) is 0.793. The number of hydrogen-bond donors (Lipinski definition) is 1. The molecule has 3 rings (SSSR count). The highest BCUT2D eigenvalue weighted by molar-refractivity contribution is 7.16. The molecular formula is C13H15N5OS. The van der Waals surface area contributed by atoms with Crippen LogP contribution in [-0.2, 0) is 13.1 Å². The first-order valence-corrected chi connectivity index (χ1v) is 7.32. The molecule has 0 amide bonds. The first-order valence-electron chi connectivity index (χ1n) is 6.44. The number of aryl methyl sites for hydroxylation is 1. The van der Waals surface area contributed by atoms with Crippen LogP contribution in [0.5, 0.6) is 0 Å². The van der Waals surface area contributed by atoms with Crippen molar-refractivity contribution in [3.8, 4) is 0 Å². The molecule has 104 valence electrons. The number of aromatic nitrogens is 4. The lowest BCUT2D eigenvalue weighted by Crippen LogP contribution is -2.25. The van der Waals surface area contributed by atoms with Gasteiger partial charge >= 0.3 is 5.69 Å². The summed E-state index contributed by atoms with van der Waals surface area (Å²) in [7, 11) is 0. The maximum absolute atomic E-state index is 12.1. The second kappa shape index (κ2) is 5.09. The minimum atomic E-state index is -0.0414. The molecule has 0 spiro atoms. The van der Waals surface area contributed by atoms with Crippen molar-refractivity contribution in [2.45, 2.75) is 26.4 Å². The summed E-state index contributed by atoms with van der Waals surface area (Å²) in [5.74, 6) is 1.03. The number of thiophene rings is 1. The van der Waals surface area contributed by atoms with E-state index in [1.807, 2.05) is 18.4 Å². The molecule has 0 atom stereocenters. The summed E-state index contributed by atoms with van der Waals surface area (Å²) in [6, 6.07) is 1.91. The molecule has 0 aliphatic carbocycles. The molecule has 3 aromatic heterocycles. The summed E-state index contributed by atoms with van der Waals surface area (Å²) in [6.07, 6.45) is 4.48. The summed E-state index contributed by atoms with van der Waals surface area (Å²) in [4.78, 5) is 21.7. The van der Waals surface area contributed by atoms with Crippen molar-refractivity contribution < 1.29 is 0 Å². The van der Waals surface area contributed by atoms with Crippen LogP contribution in [0.1, 0.15) is 19.2 Å². The first kappa shape index (κ1) is 12.9. The number of nitrogen functional groups attached to an aromatic ring is 1. The number of imidazole rings is 1. The Morgan fingerprint density at radius 2 is 2.10 bits per heavy atom. The van der Waals surface area contributed by atoms with Crippen LogP contribution in [0.4, 0.5) is 5.82 Å². The van der Waals surface area contributed by atoms with Crippen molar-refractivity contribution in [1.29, 1.82) is 0 Å². The van der Waals surface area contributed by atoms with Crippen LogP contribution in [-0.4, -0.2) is 19.1 Å². The number of anilines is 1. The van der Waals surface area contributed by atoms with E-state index in [0.717, 1.165) is 23.2 Å². The molecule has 3 aromatic rings. The van der Waals surface area contributed by atoms with Crippen molar-refractivity contribution in [3.05, 3.63) is 40.1 Å². The van der Waals surface area contributed by atoms with Crippen molar-refractivity contribution in [2.24, 2.45) is 0 Å². The predicted octanol–water partition coefficient (Wildman–Crippen LogP) is 1.69. The van der Waals surface area contributed by atoms with Gasteiger partial charge in [0, 0.05) is 18.9 Å². The average Bonchev–Trinajstić information content (AvgIpc) is 3.01. The normalized spacial score (nSPS) is 11.2. The van der Waals surface area contributed by atoms with Crippen LogP contribution in [0.15, 0.2) is 28.6 Å². The molecule has 0 aromatic carbocycles. The average molecular weight is 289 g/mol. The largest absolute Gasteiger partial charge is 0.383 e. The fourth-order valence-electron chi connectivity index (χ4n) is 2.13. The van der Waals surface area contributed by atoms with Crippen molar-refractivity contribution in [1.82, 2.24) is 19.1 Å². The Labute approximate surface area is 119 Å². The third kappa shape index (κ3) is 2.20. The van der Waals surface area contributed by atoms with Gasteiger partial charge in [0.05, 0.1) is 11.9 Å². The monoisotopic (exact) mass is 289 g/mol. The van der Waals surface area contributed by atoms with Gasteiger partial charge in [-0.1, -0.05) is 6.92 Å². The molecule has 2 N–H and O–H groups in total. The number of rotatable bonds is 4. The predicted molar refractivity (Wildman–Crippen MR) is 79.9 cm³/mol. The molecule has 3 heterocycles. The second-order valence-corrected chi connectivity index (χ2v) is 5.46. The third-order valence-corrected chi connectivity index (χ3v) is 3.90. The standard InChI is InChI=1S/C13H15N5OS/c1-2-4-17-5-6-18(13(17)19)8-10-15-11(14)9-3-7-20-12(9)16-10/h3,5-7H,2,4,8H2,1H3,(H2,14,15,16). The highest BCUT2D eigenvalue weighted by Gasteiger charge is 2.09. The lowest BCUT2D eigenvalue weighted by atomic mass is 10.4. The van der Waals surface area contributed by atoms with Crippen LogP contribution >= 0.6 is 11.3 Å². The minimum Gasteiger partial charge on any atom is -0.383 e. The maximum atomic E-state index is 12.1. The topological polar surface area (TPSA) is 78.7 Å². The van der Waals surface area contributed by atoms with E-state index in [2.05, 4.69) is 9.97 Å². The van der Waals surface area contributed by atoms with Crippen LogP contribution in [0, 0.1) is 0 Å². The molecule has 0 saturated carbocycles. The SMILES string of the molecule is CCCn1ccn(Cc2nc(N)c3ccsc3n2)c1=O. The lowest BCUT2D eigenvalue weighted by Gasteiger charge is -2.03. The zero-order valence-electron chi connectivity index (χ0n) is 11.1. The van der Waals surface area contributed by atoms with E-state index in [4.69, 9.17) is 5.73 Å². The van der Waals surface area contributed by atoms with E-state index in [1.165, 1.54) is 11.3 Å². The van der Waals surface area contributed by atoms with Crippen molar-refractivity contribution >= 4 is 27.4 Å². The smallest absolute Gasteiger partial charge is 0.328 e. The minimum absolute atomic E-state index is 0.0414. The van der Waals surface area contributed by atoms with E-state index in [0.29, 0.717) is 18.2 Å². The molecule has 0 bridgehead atoms. The van der Waals surface area contributed by atoms with Gasteiger partial charge in [-0.15, -0.1) is 11.3 Å². The zero-order valence-corrected chi connectivity index (χ0v) is 11.9. The van der Waals surface area contributed by atoms with E-state index < -0.39 is 0 Å². The Morgan fingerprint density at radius 3 is 2.90 bits per heavy atom. The zero-order chi connectivity index (χ0) is 14.1. The Bertz CT molecular complexity index is 801. The molecule has 0 aliphatic heterocycles. The molecule has 0 saturated heterocycles. The summed E-state index contributed by atoms with van der Waals surface area (Å²) in [5, 5.41) is 2.80. The Morgan fingerprint density at radius 1 is 1.30 bits per heavy atom. The lowest BCUT2D eigenvalue weighted by molar-refractivity contribution is 0.617. The first-order chi connectivity index (χ1) is 9.69. The molecule has 0 aliphatic rings. The second-order valence-electron chi connectivity index (χ2n) is 4.57. The Balaban J connectivity index is 1.95. The van der Waals surface area contributed by atoms with Gasteiger partial charge < -0.3 is 5.73 Å². The molecular weight excluding hydrogens is 274 g/mol.